The third-order valence-corrected chi connectivity index (χ3v) is 3.32. The molecule has 0 aromatic heterocycles. The number of alkyl halides is 1. The molecule has 1 aliphatic rings. The Morgan fingerprint density at radius 2 is 2.12 bits per heavy atom. The van der Waals surface area contributed by atoms with E-state index in [4.69, 9.17) is 11.6 Å². The van der Waals surface area contributed by atoms with Gasteiger partial charge in [0.05, 0.1) is 11.5 Å². The number of carbonyl (C=O) groups is 1. The van der Waals surface area contributed by atoms with Crippen LogP contribution in [0.25, 0.3) is 0 Å². The van der Waals surface area contributed by atoms with E-state index in [2.05, 4.69) is 0 Å². The van der Waals surface area contributed by atoms with E-state index in [0.29, 0.717) is 25.9 Å². The predicted octanol–water partition coefficient (Wildman–Crippen LogP) is 1.95. The molecule has 2 atom stereocenters. The number of nitrogens with zero attached hydrogens (tertiary/aromatic N) is 1. The van der Waals surface area contributed by atoms with E-state index in [-0.39, 0.29) is 11.3 Å². The van der Waals surface area contributed by atoms with E-state index in [1.54, 1.807) is 4.90 Å². The zero-order valence-corrected chi connectivity index (χ0v) is 10.3. The van der Waals surface area contributed by atoms with E-state index in [1.807, 2.05) is 30.3 Å². The Kier molecular flexibility index (Phi) is 4.02. The molecule has 1 saturated heterocycles. The molecule has 1 heterocycles. The molecule has 1 amide bonds. The molecule has 0 saturated carbocycles. The molecular formula is C13H16ClNO2. The van der Waals surface area contributed by atoms with Gasteiger partial charge >= 0.3 is 0 Å². The van der Waals surface area contributed by atoms with Gasteiger partial charge in [-0.1, -0.05) is 30.3 Å². The molecule has 2 rings (SSSR count). The highest BCUT2D eigenvalue weighted by Crippen LogP contribution is 2.20. The minimum Gasteiger partial charge on any atom is -0.388 e. The summed E-state index contributed by atoms with van der Waals surface area (Å²) in [6, 6.07) is 9.49. The molecule has 1 aromatic rings. The first kappa shape index (κ1) is 12.4. The summed E-state index contributed by atoms with van der Waals surface area (Å²) in [6.45, 7) is 1.17. The number of carbonyl (C=O) groups excluding carboxylic acids is 1. The first-order valence-electron chi connectivity index (χ1n) is 5.81. The minimum atomic E-state index is -0.515. The van der Waals surface area contributed by atoms with Crippen molar-refractivity contribution in [3.05, 3.63) is 35.9 Å². The zero-order valence-electron chi connectivity index (χ0n) is 9.55. The minimum absolute atomic E-state index is 0.0728. The Morgan fingerprint density at radius 3 is 2.71 bits per heavy atom. The van der Waals surface area contributed by atoms with Gasteiger partial charge in [-0.3, -0.25) is 4.79 Å². The number of aliphatic hydroxyl groups is 1. The second-order valence-electron chi connectivity index (χ2n) is 4.36. The molecule has 0 bridgehead atoms. The Hall–Kier alpha value is -1.06. The third kappa shape index (κ3) is 3.20. The number of likely N-dealkylation sites (tertiary alicyclic amines) is 1. The standard InChI is InChI=1S/C13H16ClNO2/c14-11-8-13(17)15(9-11)7-6-12(16)10-4-2-1-3-5-10/h1-5,11-12,16H,6-9H2. The number of hydrogen-bond acceptors (Lipinski definition) is 2. The smallest absolute Gasteiger partial charge is 0.224 e. The summed E-state index contributed by atoms with van der Waals surface area (Å²) < 4.78 is 0. The van der Waals surface area contributed by atoms with Crippen LogP contribution in [-0.4, -0.2) is 34.4 Å². The zero-order chi connectivity index (χ0) is 12.3. The fraction of sp³-hybridized carbons (Fsp3) is 0.462. The average Bonchev–Trinajstić information content (AvgIpc) is 2.66. The van der Waals surface area contributed by atoms with E-state index < -0.39 is 6.10 Å². The molecule has 92 valence electrons. The average molecular weight is 254 g/mol. The molecule has 1 aliphatic heterocycles. The van der Waals surface area contributed by atoms with E-state index in [9.17, 15) is 9.90 Å². The van der Waals surface area contributed by atoms with Gasteiger partial charge in [-0.15, -0.1) is 11.6 Å². The number of benzene rings is 1. The monoisotopic (exact) mass is 253 g/mol. The molecule has 4 heteroatoms. The Bertz CT molecular complexity index is 382. The highest BCUT2D eigenvalue weighted by Gasteiger charge is 2.27. The normalized spacial score (nSPS) is 21.9. The van der Waals surface area contributed by atoms with Gasteiger partial charge in [0.1, 0.15) is 0 Å². The lowest BCUT2D eigenvalue weighted by Crippen LogP contribution is -2.27. The SMILES string of the molecule is O=C1CC(Cl)CN1CCC(O)c1ccccc1. The van der Waals surface area contributed by atoms with Gasteiger partial charge in [0.2, 0.25) is 5.91 Å². The fourth-order valence-corrected chi connectivity index (χ4v) is 2.36. The van der Waals surface area contributed by atoms with Crippen LogP contribution in [0.15, 0.2) is 30.3 Å². The Balaban J connectivity index is 1.84. The highest BCUT2D eigenvalue weighted by molar-refractivity contribution is 6.22. The summed E-state index contributed by atoms with van der Waals surface area (Å²) >= 11 is 5.91. The summed E-state index contributed by atoms with van der Waals surface area (Å²) in [7, 11) is 0. The van der Waals surface area contributed by atoms with Gasteiger partial charge < -0.3 is 10.0 Å². The lowest BCUT2D eigenvalue weighted by Gasteiger charge is -2.18. The van der Waals surface area contributed by atoms with Crippen LogP contribution < -0.4 is 0 Å². The maximum Gasteiger partial charge on any atom is 0.224 e. The van der Waals surface area contributed by atoms with Crippen LogP contribution in [0.3, 0.4) is 0 Å². The largest absolute Gasteiger partial charge is 0.388 e. The van der Waals surface area contributed by atoms with Crippen molar-refractivity contribution >= 4 is 17.5 Å². The molecule has 1 N–H and O–H groups in total. The lowest BCUT2D eigenvalue weighted by molar-refractivity contribution is -0.127. The number of hydrogen-bond donors (Lipinski definition) is 1. The molecule has 17 heavy (non-hydrogen) atoms. The molecule has 1 fully saturated rings. The maximum absolute atomic E-state index is 11.5. The van der Waals surface area contributed by atoms with Crippen LogP contribution in [0, 0.1) is 0 Å². The summed E-state index contributed by atoms with van der Waals surface area (Å²) in [5.74, 6) is 0.0882. The van der Waals surface area contributed by atoms with Crippen LogP contribution in [0.1, 0.15) is 24.5 Å². The van der Waals surface area contributed by atoms with Crippen LogP contribution in [0.4, 0.5) is 0 Å². The Labute approximate surface area is 106 Å². The summed E-state index contributed by atoms with van der Waals surface area (Å²) in [4.78, 5) is 13.2. The van der Waals surface area contributed by atoms with Crippen LogP contribution >= 0.6 is 11.6 Å². The van der Waals surface area contributed by atoms with Crippen molar-refractivity contribution in [2.75, 3.05) is 13.1 Å². The highest BCUT2D eigenvalue weighted by atomic mass is 35.5. The third-order valence-electron chi connectivity index (χ3n) is 3.02. The number of rotatable bonds is 4. The Morgan fingerprint density at radius 1 is 1.41 bits per heavy atom. The van der Waals surface area contributed by atoms with E-state index in [1.165, 1.54) is 0 Å². The number of aliphatic hydroxyl groups excluding tert-OH is 1. The van der Waals surface area contributed by atoms with Gasteiger partial charge in [0, 0.05) is 19.5 Å². The molecule has 0 spiro atoms. The van der Waals surface area contributed by atoms with Crippen molar-refractivity contribution < 1.29 is 9.90 Å². The van der Waals surface area contributed by atoms with Gasteiger partial charge in [-0.25, -0.2) is 0 Å². The van der Waals surface area contributed by atoms with E-state index in [0.717, 1.165) is 5.56 Å². The number of halogens is 1. The summed E-state index contributed by atoms with van der Waals surface area (Å²) in [5.41, 5.74) is 0.890. The van der Waals surface area contributed by atoms with Crippen molar-refractivity contribution in [2.45, 2.75) is 24.3 Å². The summed E-state index contributed by atoms with van der Waals surface area (Å²) in [5, 5.41) is 9.89. The van der Waals surface area contributed by atoms with Gasteiger partial charge in [-0.2, -0.15) is 0 Å². The second-order valence-corrected chi connectivity index (χ2v) is 4.97. The fourth-order valence-electron chi connectivity index (χ4n) is 2.06. The molecule has 0 radical (unpaired) electrons. The van der Waals surface area contributed by atoms with Crippen LogP contribution in [-0.2, 0) is 4.79 Å². The van der Waals surface area contributed by atoms with Crippen LogP contribution in [0.5, 0.6) is 0 Å². The second kappa shape index (κ2) is 5.52. The van der Waals surface area contributed by atoms with Crippen molar-refractivity contribution in [3.8, 4) is 0 Å². The quantitative estimate of drug-likeness (QED) is 0.834. The van der Waals surface area contributed by atoms with Gasteiger partial charge in [0.15, 0.2) is 0 Å². The molecule has 0 aliphatic carbocycles. The molecule has 2 unspecified atom stereocenters. The topological polar surface area (TPSA) is 40.5 Å². The summed E-state index contributed by atoms with van der Waals surface area (Å²) in [6.07, 6.45) is 0.459. The first-order chi connectivity index (χ1) is 8.16. The maximum atomic E-state index is 11.5. The van der Waals surface area contributed by atoms with Crippen molar-refractivity contribution in [1.82, 2.24) is 4.90 Å². The molecule has 1 aromatic carbocycles. The van der Waals surface area contributed by atoms with E-state index >= 15 is 0 Å². The van der Waals surface area contributed by atoms with Crippen molar-refractivity contribution in [3.63, 3.8) is 0 Å². The van der Waals surface area contributed by atoms with Gasteiger partial charge in [0.25, 0.3) is 0 Å². The van der Waals surface area contributed by atoms with Crippen LogP contribution in [0.2, 0.25) is 0 Å². The molecule has 3 nitrogen and oxygen atoms in total. The molecular weight excluding hydrogens is 238 g/mol. The lowest BCUT2D eigenvalue weighted by atomic mass is 10.1. The van der Waals surface area contributed by atoms with Gasteiger partial charge in [-0.05, 0) is 12.0 Å². The van der Waals surface area contributed by atoms with Crippen molar-refractivity contribution in [1.29, 1.82) is 0 Å². The number of amides is 1. The first-order valence-corrected chi connectivity index (χ1v) is 6.25. The van der Waals surface area contributed by atoms with Crippen molar-refractivity contribution in [2.24, 2.45) is 0 Å². The predicted molar refractivity (Wildman–Crippen MR) is 66.9 cm³/mol.